The van der Waals surface area contributed by atoms with Crippen molar-refractivity contribution in [1.82, 2.24) is 16.0 Å². The van der Waals surface area contributed by atoms with Crippen molar-refractivity contribution in [2.75, 3.05) is 36.9 Å². The van der Waals surface area contributed by atoms with E-state index in [1.807, 2.05) is 54.6 Å². The van der Waals surface area contributed by atoms with E-state index in [2.05, 4.69) is 234 Å². The molecular formula is C70H67N3O3S3. The lowest BCUT2D eigenvalue weighted by Gasteiger charge is -2.35. The fraction of sp³-hybridized carbons (Fsp3) is 0.186. The van der Waals surface area contributed by atoms with Gasteiger partial charge in [0.2, 0.25) is 17.7 Å². The number of amides is 3. The molecule has 9 rings (SSSR count). The van der Waals surface area contributed by atoms with Gasteiger partial charge in [0.25, 0.3) is 0 Å². The number of rotatable bonds is 27. The first-order valence-electron chi connectivity index (χ1n) is 27.1. The van der Waals surface area contributed by atoms with Gasteiger partial charge in [-0.25, -0.2) is 0 Å². The minimum absolute atomic E-state index is 0.0223. The molecule has 3 amide bonds. The van der Waals surface area contributed by atoms with Crippen LogP contribution in [0.1, 0.15) is 69.3 Å². The molecule has 398 valence electrons. The van der Waals surface area contributed by atoms with Crippen molar-refractivity contribution in [3.05, 3.63) is 323 Å². The Bertz CT molecular complexity index is 2610. The third-order valence-corrected chi connectivity index (χ3v) is 18.9. The first-order valence-corrected chi connectivity index (χ1v) is 30.1. The molecule has 0 heterocycles. The van der Waals surface area contributed by atoms with E-state index in [1.165, 1.54) is 0 Å². The van der Waals surface area contributed by atoms with Crippen molar-refractivity contribution >= 4 is 53.0 Å². The average Bonchev–Trinajstić information content (AvgIpc) is 3.53. The normalized spacial score (nSPS) is 11.7. The highest BCUT2D eigenvalue weighted by atomic mass is 32.2. The molecule has 0 atom stereocenters. The molecule has 0 radical (unpaired) electrons. The number of hydrogen-bond donors (Lipinski definition) is 3. The summed E-state index contributed by atoms with van der Waals surface area (Å²) in [5, 5.41) is 9.56. The summed E-state index contributed by atoms with van der Waals surface area (Å²) in [6, 6.07) is 94.7. The third kappa shape index (κ3) is 13.8. The van der Waals surface area contributed by atoms with Crippen LogP contribution >= 0.6 is 35.3 Å². The second kappa shape index (κ2) is 28.4. The first-order chi connectivity index (χ1) is 38.9. The lowest BCUT2D eigenvalue weighted by Crippen LogP contribution is -2.35. The number of nitrogens with one attached hydrogen (secondary N) is 3. The van der Waals surface area contributed by atoms with Crippen LogP contribution in [-0.2, 0) is 28.6 Å². The van der Waals surface area contributed by atoms with Gasteiger partial charge in [0, 0.05) is 56.2 Å². The van der Waals surface area contributed by atoms with Crippen molar-refractivity contribution in [2.45, 2.75) is 33.5 Å². The van der Waals surface area contributed by atoms with E-state index >= 15 is 0 Å². The fourth-order valence-corrected chi connectivity index (χ4v) is 15.0. The molecule has 0 saturated carbocycles. The molecule has 0 bridgehead atoms. The van der Waals surface area contributed by atoms with Gasteiger partial charge < -0.3 is 16.0 Å². The van der Waals surface area contributed by atoms with Gasteiger partial charge in [-0.3, -0.25) is 14.4 Å². The van der Waals surface area contributed by atoms with E-state index in [4.69, 9.17) is 0 Å². The van der Waals surface area contributed by atoms with Gasteiger partial charge in [-0.1, -0.05) is 273 Å². The monoisotopic (exact) mass is 1090 g/mol. The Morgan fingerprint density at radius 2 is 0.418 bits per heavy atom. The Kier molecular flexibility index (Phi) is 20.2. The van der Waals surface area contributed by atoms with E-state index in [0.29, 0.717) is 36.9 Å². The van der Waals surface area contributed by atoms with Crippen LogP contribution in [0.3, 0.4) is 0 Å². The maximum atomic E-state index is 14.1. The number of thioether (sulfide) groups is 3. The Hall–Kier alpha value is -7.56. The smallest absolute Gasteiger partial charge is 0.220 e. The number of hydrogen-bond acceptors (Lipinski definition) is 6. The molecule has 6 nitrogen and oxygen atoms in total. The summed E-state index contributed by atoms with van der Waals surface area (Å²) in [6.45, 7) is 1.19. The second-order valence-electron chi connectivity index (χ2n) is 19.4. The minimum atomic E-state index is -0.542. The summed E-state index contributed by atoms with van der Waals surface area (Å²) >= 11 is 5.34. The summed E-state index contributed by atoms with van der Waals surface area (Å²) in [5.41, 5.74) is 10.3. The number of benzene rings is 9. The van der Waals surface area contributed by atoms with Gasteiger partial charge in [0.05, 0.1) is 14.2 Å². The van der Waals surface area contributed by atoms with Crippen LogP contribution in [0.15, 0.2) is 273 Å². The quantitative estimate of drug-likeness (QED) is 0.0351. The van der Waals surface area contributed by atoms with Gasteiger partial charge in [-0.2, -0.15) is 0 Å². The van der Waals surface area contributed by atoms with Crippen LogP contribution in [-0.4, -0.2) is 54.6 Å². The maximum absolute atomic E-state index is 14.1. The molecule has 0 aliphatic carbocycles. The average molecular weight is 1090 g/mol. The molecule has 0 spiro atoms. The Labute approximate surface area is 479 Å². The summed E-state index contributed by atoms with van der Waals surface area (Å²) in [5.74, 6) is 0.699. The Morgan fingerprint density at radius 1 is 0.266 bits per heavy atom. The molecule has 0 fully saturated rings. The van der Waals surface area contributed by atoms with E-state index in [9.17, 15) is 14.4 Å². The summed E-state index contributed by atoms with van der Waals surface area (Å²) in [7, 11) is 0. The van der Waals surface area contributed by atoms with Crippen LogP contribution in [0.5, 0.6) is 0 Å². The molecule has 0 aliphatic rings. The number of carbonyl (C=O) groups excluding carboxylic acids is 3. The predicted octanol–water partition coefficient (Wildman–Crippen LogP) is 14.3. The van der Waals surface area contributed by atoms with E-state index in [-0.39, 0.29) is 37.0 Å². The highest BCUT2D eigenvalue weighted by Gasteiger charge is 2.39. The minimum Gasteiger partial charge on any atom is -0.355 e. The van der Waals surface area contributed by atoms with E-state index < -0.39 is 20.2 Å². The maximum Gasteiger partial charge on any atom is 0.220 e. The van der Waals surface area contributed by atoms with Crippen LogP contribution < -0.4 is 16.0 Å². The molecular weight excluding hydrogens is 1030 g/mol. The Balaban J connectivity index is 0.891. The standard InChI is InChI=1S/C70H67N3O3S3/c74-65(71-46-49-77-68(56-28-10-1-11-29-56,57-30-12-2-13-31-57)58-32-14-3-15-33-58)52-55(53-66(75)72-47-50-78-69(59-34-16-4-17-35-59,60-36-18-5-19-37-60)61-38-20-6-21-39-61)54-67(76)73-48-51-79-70(62-40-22-7-23-41-62,63-42-24-8-25-43-63)64-44-26-9-27-45-64/h1-45,55H,46-54H2,(H,71,74)(H,72,75)(H,73,76). The molecule has 0 aliphatic heterocycles. The largest absolute Gasteiger partial charge is 0.355 e. The van der Waals surface area contributed by atoms with Crippen LogP contribution in [0.2, 0.25) is 0 Å². The summed E-state index contributed by atoms with van der Waals surface area (Å²) in [6.07, 6.45) is 0.0669. The van der Waals surface area contributed by atoms with Gasteiger partial charge >= 0.3 is 0 Å². The zero-order valence-corrected chi connectivity index (χ0v) is 46.8. The Morgan fingerprint density at radius 3 is 0.570 bits per heavy atom. The summed E-state index contributed by atoms with van der Waals surface area (Å²) < 4.78 is -1.60. The molecule has 3 N–H and O–H groups in total. The fourth-order valence-electron chi connectivity index (χ4n) is 10.7. The lowest BCUT2D eigenvalue weighted by atomic mass is 9.84. The molecule has 9 heteroatoms. The zero-order valence-electron chi connectivity index (χ0n) is 44.4. The molecule has 0 saturated heterocycles. The van der Waals surface area contributed by atoms with E-state index in [0.717, 1.165) is 50.1 Å². The van der Waals surface area contributed by atoms with Crippen molar-refractivity contribution in [2.24, 2.45) is 5.92 Å². The molecule has 9 aromatic rings. The van der Waals surface area contributed by atoms with Crippen molar-refractivity contribution in [1.29, 1.82) is 0 Å². The lowest BCUT2D eigenvalue weighted by molar-refractivity contribution is -0.125. The highest BCUT2D eigenvalue weighted by molar-refractivity contribution is 8.01. The van der Waals surface area contributed by atoms with Crippen LogP contribution in [0.4, 0.5) is 0 Å². The topological polar surface area (TPSA) is 87.3 Å². The van der Waals surface area contributed by atoms with Crippen molar-refractivity contribution < 1.29 is 14.4 Å². The zero-order chi connectivity index (χ0) is 54.4. The molecule has 0 unspecified atom stereocenters. The second-order valence-corrected chi connectivity index (χ2v) is 23.3. The van der Waals surface area contributed by atoms with Gasteiger partial charge in [0.1, 0.15) is 0 Å². The first kappa shape index (κ1) is 56.2. The van der Waals surface area contributed by atoms with Gasteiger partial charge in [-0.15, -0.1) is 35.3 Å². The van der Waals surface area contributed by atoms with Gasteiger partial charge in [0.15, 0.2) is 0 Å². The molecule has 9 aromatic carbocycles. The van der Waals surface area contributed by atoms with Crippen molar-refractivity contribution in [3.8, 4) is 0 Å². The van der Waals surface area contributed by atoms with Crippen LogP contribution in [0.25, 0.3) is 0 Å². The predicted molar refractivity (Wildman–Crippen MR) is 331 cm³/mol. The van der Waals surface area contributed by atoms with Crippen molar-refractivity contribution in [3.63, 3.8) is 0 Å². The van der Waals surface area contributed by atoms with E-state index in [1.54, 1.807) is 35.3 Å². The van der Waals surface area contributed by atoms with Crippen LogP contribution in [0, 0.1) is 5.92 Å². The summed E-state index contributed by atoms with van der Waals surface area (Å²) in [4.78, 5) is 42.3. The molecule has 0 aromatic heterocycles. The molecule has 79 heavy (non-hydrogen) atoms. The number of carbonyl (C=O) groups is 3. The van der Waals surface area contributed by atoms with Gasteiger partial charge in [-0.05, 0) is 56.0 Å². The highest BCUT2D eigenvalue weighted by Crippen LogP contribution is 2.51. The third-order valence-electron chi connectivity index (χ3n) is 14.3. The SMILES string of the molecule is O=C(CC(CC(=O)NCCSC(c1ccccc1)(c1ccccc1)c1ccccc1)CC(=O)NCCSC(c1ccccc1)(c1ccccc1)c1ccccc1)NCCSC(c1ccccc1)(c1ccccc1)c1ccccc1.